The Morgan fingerprint density at radius 2 is 1.19 bits per heavy atom. The molecule has 1 heterocycles. The standard InChI is InChI=1S/C22H30N3OP/c1-17(19-11-5-3-6-12-19)24-21-15-9-10-16-22(21)25(27(24,23)26)18(2)20-13-7-4-8-14-20/h3-8,11-14,17-18,21-22H,9-10,15-16H2,1-2H3,(H2,23,26)/t17-,18-,21-,22-/m1/s1. The average Bonchev–Trinajstić information content (AvgIpc) is 2.94. The molecule has 2 aromatic carbocycles. The van der Waals surface area contributed by atoms with Gasteiger partial charge in [0, 0.05) is 24.2 Å². The molecule has 4 atom stereocenters. The fourth-order valence-corrected chi connectivity index (χ4v) is 7.98. The van der Waals surface area contributed by atoms with Crippen molar-refractivity contribution in [3.63, 3.8) is 0 Å². The minimum atomic E-state index is -3.15. The first-order chi connectivity index (χ1) is 13.0. The number of benzene rings is 2. The molecule has 0 amide bonds. The van der Waals surface area contributed by atoms with E-state index < -0.39 is 7.59 Å². The maximum Gasteiger partial charge on any atom is 0.283 e. The van der Waals surface area contributed by atoms with Gasteiger partial charge in [-0.1, -0.05) is 73.5 Å². The second-order valence-electron chi connectivity index (χ2n) is 7.94. The van der Waals surface area contributed by atoms with E-state index in [1.165, 1.54) is 24.0 Å². The summed E-state index contributed by atoms with van der Waals surface area (Å²) in [6.45, 7) is 4.30. The summed E-state index contributed by atoms with van der Waals surface area (Å²) in [6, 6.07) is 21.3. The number of nitrogens with two attached hydrogens (primary N) is 1. The lowest BCUT2D eigenvalue weighted by Crippen LogP contribution is -2.41. The van der Waals surface area contributed by atoms with Crippen molar-refractivity contribution in [1.29, 1.82) is 0 Å². The van der Waals surface area contributed by atoms with Crippen LogP contribution in [0, 0.1) is 0 Å². The first-order valence-corrected chi connectivity index (χ1v) is 11.8. The van der Waals surface area contributed by atoms with Crippen molar-refractivity contribution in [2.24, 2.45) is 5.50 Å². The topological polar surface area (TPSA) is 49.6 Å². The molecule has 2 fully saturated rings. The lowest BCUT2D eigenvalue weighted by molar-refractivity contribution is 0.166. The van der Waals surface area contributed by atoms with Crippen LogP contribution in [0.4, 0.5) is 0 Å². The van der Waals surface area contributed by atoms with Gasteiger partial charge in [-0.2, -0.15) is 0 Å². The third-order valence-electron chi connectivity index (χ3n) is 6.39. The Balaban J connectivity index is 1.73. The van der Waals surface area contributed by atoms with Crippen LogP contribution in [0.3, 0.4) is 0 Å². The van der Waals surface area contributed by atoms with E-state index in [-0.39, 0.29) is 24.2 Å². The summed E-state index contributed by atoms with van der Waals surface area (Å²) < 4.78 is 18.4. The van der Waals surface area contributed by atoms with Crippen LogP contribution in [-0.4, -0.2) is 21.4 Å². The highest BCUT2D eigenvalue weighted by molar-refractivity contribution is 7.56. The molecular weight excluding hydrogens is 353 g/mol. The lowest BCUT2D eigenvalue weighted by Gasteiger charge is -2.35. The van der Waals surface area contributed by atoms with Gasteiger partial charge in [0.15, 0.2) is 0 Å². The zero-order valence-corrected chi connectivity index (χ0v) is 17.1. The zero-order valence-electron chi connectivity index (χ0n) is 16.2. The molecule has 0 unspecified atom stereocenters. The Morgan fingerprint density at radius 1 is 0.815 bits per heavy atom. The van der Waals surface area contributed by atoms with Crippen LogP contribution in [0.2, 0.25) is 0 Å². The van der Waals surface area contributed by atoms with E-state index in [1.54, 1.807) is 0 Å². The molecule has 0 spiro atoms. The van der Waals surface area contributed by atoms with Gasteiger partial charge < -0.3 is 0 Å². The Morgan fingerprint density at radius 3 is 1.56 bits per heavy atom. The molecule has 5 heteroatoms. The summed E-state index contributed by atoms with van der Waals surface area (Å²) in [6.07, 6.45) is 4.52. The monoisotopic (exact) mass is 383 g/mol. The van der Waals surface area contributed by atoms with Gasteiger partial charge in [-0.25, -0.2) is 9.34 Å². The summed E-state index contributed by atoms with van der Waals surface area (Å²) in [5.74, 6) is 0. The van der Waals surface area contributed by atoms with Crippen LogP contribution in [0.25, 0.3) is 0 Å². The summed E-state index contributed by atoms with van der Waals surface area (Å²) in [5.41, 5.74) is 9.07. The van der Waals surface area contributed by atoms with Crippen molar-refractivity contribution in [2.75, 3.05) is 0 Å². The van der Waals surface area contributed by atoms with E-state index in [2.05, 4.69) is 47.5 Å². The molecule has 2 aliphatic rings. The highest BCUT2D eigenvalue weighted by atomic mass is 31.2. The van der Waals surface area contributed by atoms with Crippen molar-refractivity contribution in [2.45, 2.75) is 63.7 Å². The van der Waals surface area contributed by atoms with Crippen LogP contribution in [0.5, 0.6) is 0 Å². The summed E-state index contributed by atoms with van der Waals surface area (Å²) >= 11 is 0. The SMILES string of the molecule is C[C@H](c1ccccc1)N1[C@@H]2CCCC[C@H]2N([C@H](C)c2ccccc2)P1(N)=O. The molecule has 1 aliphatic heterocycles. The molecule has 4 nitrogen and oxygen atoms in total. The largest absolute Gasteiger partial charge is 0.283 e. The van der Waals surface area contributed by atoms with Crippen molar-refractivity contribution < 1.29 is 4.57 Å². The van der Waals surface area contributed by atoms with Crippen molar-refractivity contribution in [3.05, 3.63) is 71.8 Å². The van der Waals surface area contributed by atoms with Gasteiger partial charge >= 0.3 is 0 Å². The maximum absolute atomic E-state index is 14.1. The minimum absolute atomic E-state index is 0.0422. The van der Waals surface area contributed by atoms with E-state index in [0.29, 0.717) is 0 Å². The Kier molecular flexibility index (Phi) is 5.26. The molecule has 1 saturated heterocycles. The summed E-state index contributed by atoms with van der Waals surface area (Å²) in [4.78, 5) is 0. The van der Waals surface area contributed by atoms with E-state index in [1.807, 2.05) is 36.4 Å². The Labute approximate surface area is 162 Å². The summed E-state index contributed by atoms with van der Waals surface area (Å²) in [7, 11) is -3.15. The molecule has 27 heavy (non-hydrogen) atoms. The molecule has 0 aromatic heterocycles. The van der Waals surface area contributed by atoms with Crippen LogP contribution in [0.1, 0.15) is 62.7 Å². The Hall–Kier alpha value is -1.45. The average molecular weight is 383 g/mol. The Bertz CT molecular complexity index is 747. The van der Waals surface area contributed by atoms with Crippen LogP contribution >= 0.6 is 7.59 Å². The van der Waals surface area contributed by atoms with Crippen LogP contribution < -0.4 is 5.50 Å². The van der Waals surface area contributed by atoms with Gasteiger partial charge in [-0.3, -0.25) is 10.1 Å². The smallest absolute Gasteiger partial charge is 0.271 e. The van der Waals surface area contributed by atoms with Crippen molar-refractivity contribution in [1.82, 2.24) is 9.34 Å². The van der Waals surface area contributed by atoms with Gasteiger partial charge in [0.1, 0.15) is 0 Å². The highest BCUT2D eigenvalue weighted by Gasteiger charge is 2.56. The van der Waals surface area contributed by atoms with Gasteiger partial charge in [0.05, 0.1) is 0 Å². The van der Waals surface area contributed by atoms with Crippen molar-refractivity contribution >= 4 is 7.59 Å². The van der Waals surface area contributed by atoms with Crippen molar-refractivity contribution in [3.8, 4) is 0 Å². The fourth-order valence-electron chi connectivity index (χ4n) is 5.09. The van der Waals surface area contributed by atoms with Gasteiger partial charge in [0.2, 0.25) is 0 Å². The number of nitrogens with zero attached hydrogens (tertiary/aromatic N) is 2. The molecule has 1 aliphatic carbocycles. The molecule has 0 radical (unpaired) electrons. The van der Waals surface area contributed by atoms with Crippen LogP contribution in [-0.2, 0) is 4.57 Å². The van der Waals surface area contributed by atoms with Crippen LogP contribution in [0.15, 0.2) is 60.7 Å². The summed E-state index contributed by atoms with van der Waals surface area (Å²) in [5, 5.41) is 0. The highest BCUT2D eigenvalue weighted by Crippen LogP contribution is 2.64. The molecule has 4 rings (SSSR count). The molecule has 1 saturated carbocycles. The molecular formula is C22H30N3OP. The van der Waals surface area contributed by atoms with E-state index in [0.717, 1.165) is 12.8 Å². The zero-order chi connectivity index (χ0) is 19.0. The predicted molar refractivity (Wildman–Crippen MR) is 111 cm³/mol. The number of hydrogen-bond donors (Lipinski definition) is 1. The second kappa shape index (κ2) is 7.52. The lowest BCUT2D eigenvalue weighted by atomic mass is 9.88. The van der Waals surface area contributed by atoms with Gasteiger partial charge in [0.25, 0.3) is 7.59 Å². The number of hydrogen-bond acceptors (Lipinski definition) is 1. The quantitative estimate of drug-likeness (QED) is 0.708. The van der Waals surface area contributed by atoms with E-state index in [9.17, 15) is 4.57 Å². The van der Waals surface area contributed by atoms with E-state index in [4.69, 9.17) is 5.50 Å². The maximum atomic E-state index is 14.1. The third kappa shape index (κ3) is 3.30. The molecule has 144 valence electrons. The molecule has 0 bridgehead atoms. The van der Waals surface area contributed by atoms with Gasteiger partial charge in [-0.05, 0) is 37.8 Å². The molecule has 2 aromatic rings. The predicted octanol–water partition coefficient (Wildman–Crippen LogP) is 5.50. The molecule has 2 N–H and O–H groups in total. The second-order valence-corrected chi connectivity index (χ2v) is 10.0. The number of rotatable bonds is 4. The van der Waals surface area contributed by atoms with Gasteiger partial charge in [-0.15, -0.1) is 0 Å². The minimum Gasteiger partial charge on any atom is -0.271 e. The first kappa shape index (κ1) is 18.9. The van der Waals surface area contributed by atoms with E-state index >= 15 is 0 Å². The first-order valence-electron chi connectivity index (χ1n) is 10.1. The number of fused-ring (bicyclic) bond motifs is 1. The normalized spacial score (nSPS) is 27.8. The fraction of sp³-hybridized carbons (Fsp3) is 0.455. The third-order valence-corrected chi connectivity index (χ3v) is 9.00.